The molecule has 6 nitrogen and oxygen atoms in total. The highest BCUT2D eigenvalue weighted by atomic mass is 32.2. The largest absolute Gasteiger partial charge is 0.467 e. The third-order valence-electron chi connectivity index (χ3n) is 3.00. The summed E-state index contributed by atoms with van der Waals surface area (Å²) in [6, 6.07) is -0.667. The topological polar surface area (TPSA) is 84.1 Å². The first kappa shape index (κ1) is 13.9. The minimum Gasteiger partial charge on any atom is -0.467 e. The maximum Gasteiger partial charge on any atom is 0.328 e. The highest BCUT2D eigenvalue weighted by Crippen LogP contribution is 2.26. The average Bonchev–Trinajstić information content (AvgIpc) is 3.09. The minimum absolute atomic E-state index is 0.0473. The Kier molecular flexibility index (Phi) is 4.84. The zero-order chi connectivity index (χ0) is 13.7. The number of carbonyl (C=O) groups excluding carboxylic acids is 2. The van der Waals surface area contributed by atoms with Gasteiger partial charge in [0.1, 0.15) is 6.04 Å². The van der Waals surface area contributed by atoms with E-state index < -0.39 is 12.0 Å². The quantitative estimate of drug-likeness (QED) is 0.769. The van der Waals surface area contributed by atoms with Gasteiger partial charge in [-0.2, -0.15) is 0 Å². The van der Waals surface area contributed by atoms with Crippen molar-refractivity contribution in [1.82, 2.24) is 15.3 Å². The van der Waals surface area contributed by atoms with Crippen LogP contribution >= 0.6 is 11.8 Å². The Labute approximate surface area is 115 Å². The molecule has 104 valence electrons. The number of nitrogens with zero attached hydrogens (tertiary/aromatic N) is 1. The molecule has 7 heteroatoms. The Bertz CT molecular complexity index is 429. The summed E-state index contributed by atoms with van der Waals surface area (Å²) in [6.07, 6.45) is 5.45. The van der Waals surface area contributed by atoms with Crippen molar-refractivity contribution in [3.8, 4) is 0 Å². The molecule has 1 saturated heterocycles. The SMILES string of the molecule is COC(=O)[C@H](Cc1cnc[nH]1)NC(=O)C1CCCS1. The van der Waals surface area contributed by atoms with Crippen LogP contribution in [0.3, 0.4) is 0 Å². The number of amides is 1. The number of esters is 1. The van der Waals surface area contributed by atoms with Crippen molar-refractivity contribution < 1.29 is 14.3 Å². The highest BCUT2D eigenvalue weighted by molar-refractivity contribution is 8.00. The first-order valence-electron chi connectivity index (χ1n) is 6.17. The summed E-state index contributed by atoms with van der Waals surface area (Å²) in [6.45, 7) is 0. The van der Waals surface area contributed by atoms with Crippen LogP contribution in [0.2, 0.25) is 0 Å². The lowest BCUT2D eigenvalue weighted by Crippen LogP contribution is -2.46. The predicted molar refractivity (Wildman–Crippen MR) is 71.7 cm³/mol. The van der Waals surface area contributed by atoms with Gasteiger partial charge in [0.15, 0.2) is 0 Å². The summed E-state index contributed by atoms with van der Waals surface area (Å²) in [5.41, 5.74) is 0.787. The van der Waals surface area contributed by atoms with Crippen molar-refractivity contribution in [3.05, 3.63) is 18.2 Å². The number of ether oxygens (including phenoxy) is 1. The van der Waals surface area contributed by atoms with Gasteiger partial charge in [0, 0.05) is 18.3 Å². The van der Waals surface area contributed by atoms with Crippen LogP contribution in [0.5, 0.6) is 0 Å². The molecule has 0 bridgehead atoms. The fraction of sp³-hybridized carbons (Fsp3) is 0.583. The van der Waals surface area contributed by atoms with Crippen molar-refractivity contribution in [3.63, 3.8) is 0 Å². The van der Waals surface area contributed by atoms with Gasteiger partial charge in [-0.1, -0.05) is 0 Å². The molecular formula is C12H17N3O3S. The van der Waals surface area contributed by atoms with Gasteiger partial charge in [-0.15, -0.1) is 11.8 Å². The van der Waals surface area contributed by atoms with Gasteiger partial charge in [-0.25, -0.2) is 9.78 Å². The van der Waals surface area contributed by atoms with Gasteiger partial charge in [0.2, 0.25) is 5.91 Å². The van der Waals surface area contributed by atoms with Gasteiger partial charge in [0.25, 0.3) is 0 Å². The number of carbonyl (C=O) groups is 2. The van der Waals surface area contributed by atoms with Crippen molar-refractivity contribution in [2.75, 3.05) is 12.9 Å². The molecule has 0 spiro atoms. The fourth-order valence-electron chi connectivity index (χ4n) is 2.00. The van der Waals surface area contributed by atoms with E-state index in [1.165, 1.54) is 13.4 Å². The number of H-pyrrole nitrogens is 1. The number of aromatic amines is 1. The van der Waals surface area contributed by atoms with E-state index in [0.717, 1.165) is 24.3 Å². The maximum atomic E-state index is 12.0. The standard InChI is InChI=1S/C12H17N3O3S/c1-18-12(17)9(5-8-6-13-7-14-8)15-11(16)10-3-2-4-19-10/h6-7,9-10H,2-5H2,1H3,(H,13,14)(H,15,16)/t9-,10?/m0/s1. The monoisotopic (exact) mass is 283 g/mol. The first-order valence-corrected chi connectivity index (χ1v) is 7.22. The third-order valence-corrected chi connectivity index (χ3v) is 4.38. The number of imidazole rings is 1. The molecule has 2 atom stereocenters. The number of hydrogen-bond acceptors (Lipinski definition) is 5. The molecule has 19 heavy (non-hydrogen) atoms. The lowest BCUT2D eigenvalue weighted by atomic mass is 10.1. The van der Waals surface area contributed by atoms with Crippen molar-refractivity contribution in [1.29, 1.82) is 0 Å². The van der Waals surface area contributed by atoms with Crippen LogP contribution < -0.4 is 5.32 Å². The van der Waals surface area contributed by atoms with Crippen LogP contribution in [0.4, 0.5) is 0 Å². The Morgan fingerprint density at radius 3 is 3.11 bits per heavy atom. The van der Waals surface area contributed by atoms with Crippen molar-refractivity contribution in [2.45, 2.75) is 30.6 Å². The summed E-state index contributed by atoms with van der Waals surface area (Å²) in [5, 5.41) is 2.72. The number of nitrogens with one attached hydrogen (secondary N) is 2. The number of aromatic nitrogens is 2. The molecule has 1 aliphatic rings. The summed E-state index contributed by atoms with van der Waals surface area (Å²) in [4.78, 5) is 30.6. The maximum absolute atomic E-state index is 12.0. The molecule has 0 radical (unpaired) electrons. The molecule has 1 amide bonds. The predicted octanol–water partition coefficient (Wildman–Crippen LogP) is 0.506. The molecule has 0 aliphatic carbocycles. The number of thioether (sulfide) groups is 1. The van der Waals surface area contributed by atoms with E-state index in [1.807, 2.05) is 0 Å². The average molecular weight is 283 g/mol. The summed E-state index contributed by atoms with van der Waals surface area (Å²) < 4.78 is 4.73. The third kappa shape index (κ3) is 3.73. The second-order valence-corrected chi connectivity index (χ2v) is 5.68. The van der Waals surface area contributed by atoms with Gasteiger partial charge in [0.05, 0.1) is 18.7 Å². The van der Waals surface area contributed by atoms with E-state index in [4.69, 9.17) is 4.74 Å². The van der Waals surface area contributed by atoms with E-state index in [9.17, 15) is 9.59 Å². The molecular weight excluding hydrogens is 266 g/mol. The Morgan fingerprint density at radius 2 is 2.53 bits per heavy atom. The number of rotatable bonds is 5. The van der Waals surface area contributed by atoms with E-state index >= 15 is 0 Å². The van der Waals surface area contributed by atoms with Gasteiger partial charge in [-0.3, -0.25) is 4.79 Å². The van der Waals surface area contributed by atoms with Crippen molar-refractivity contribution in [2.24, 2.45) is 0 Å². The molecule has 1 fully saturated rings. The molecule has 1 aliphatic heterocycles. The van der Waals surface area contributed by atoms with Crippen LogP contribution in [0.15, 0.2) is 12.5 Å². The second-order valence-electron chi connectivity index (χ2n) is 4.37. The van der Waals surface area contributed by atoms with E-state index in [1.54, 1.807) is 18.0 Å². The summed E-state index contributed by atoms with van der Waals surface area (Å²) >= 11 is 1.64. The number of methoxy groups -OCH3 is 1. The second kappa shape index (κ2) is 6.60. The van der Waals surface area contributed by atoms with Crippen LogP contribution in [-0.2, 0) is 20.7 Å². The Morgan fingerprint density at radius 1 is 1.68 bits per heavy atom. The van der Waals surface area contributed by atoms with Gasteiger partial charge in [-0.05, 0) is 18.6 Å². The first-order chi connectivity index (χ1) is 9.20. The van der Waals surface area contributed by atoms with Gasteiger partial charge >= 0.3 is 5.97 Å². The molecule has 0 saturated carbocycles. The highest BCUT2D eigenvalue weighted by Gasteiger charge is 2.28. The summed E-state index contributed by atoms with van der Waals surface area (Å²) in [5.74, 6) is 0.477. The molecule has 1 aromatic rings. The van der Waals surface area contributed by atoms with E-state index in [2.05, 4.69) is 15.3 Å². The summed E-state index contributed by atoms with van der Waals surface area (Å²) in [7, 11) is 1.32. The Hall–Kier alpha value is -1.50. The Balaban J connectivity index is 1.97. The van der Waals surface area contributed by atoms with Crippen molar-refractivity contribution >= 4 is 23.6 Å². The van der Waals surface area contributed by atoms with Crippen LogP contribution in [0.25, 0.3) is 0 Å². The lowest BCUT2D eigenvalue weighted by Gasteiger charge is -2.18. The van der Waals surface area contributed by atoms with Crippen LogP contribution in [0, 0.1) is 0 Å². The zero-order valence-corrected chi connectivity index (χ0v) is 11.5. The lowest BCUT2D eigenvalue weighted by molar-refractivity contribution is -0.145. The van der Waals surface area contributed by atoms with E-state index in [-0.39, 0.29) is 11.2 Å². The molecule has 2 rings (SSSR count). The molecule has 2 heterocycles. The normalized spacial score (nSPS) is 19.9. The van der Waals surface area contributed by atoms with Crippen LogP contribution in [0.1, 0.15) is 18.5 Å². The molecule has 0 aromatic carbocycles. The smallest absolute Gasteiger partial charge is 0.328 e. The van der Waals surface area contributed by atoms with Crippen LogP contribution in [-0.4, -0.2) is 46.0 Å². The van der Waals surface area contributed by atoms with Gasteiger partial charge < -0.3 is 15.0 Å². The van der Waals surface area contributed by atoms with E-state index in [0.29, 0.717) is 6.42 Å². The molecule has 2 N–H and O–H groups in total. The minimum atomic E-state index is -0.667. The zero-order valence-electron chi connectivity index (χ0n) is 10.7. The molecule has 1 unspecified atom stereocenters. The number of hydrogen-bond donors (Lipinski definition) is 2. The molecule has 1 aromatic heterocycles. The fourth-order valence-corrected chi connectivity index (χ4v) is 3.17.